The number of aliphatic hydroxyl groups is 1. The first kappa shape index (κ1) is 15.0. The van der Waals surface area contributed by atoms with Crippen LogP contribution in [0.15, 0.2) is 11.1 Å². The molecule has 1 aliphatic rings. The molecular formula is C11H20O4S2. The zero-order chi connectivity index (χ0) is 13.1. The standard InChI is InChI=1S/C11H20O4S2/c1-8-5-10(7-16-4-3-12)11(6-9(8)2)17(13,14)15/h10-12H,3-7H2,1-2H3,(H,13,14,15). The summed E-state index contributed by atoms with van der Waals surface area (Å²) < 4.78 is 32.0. The molecule has 0 saturated carbocycles. The van der Waals surface area contributed by atoms with E-state index >= 15 is 0 Å². The van der Waals surface area contributed by atoms with Crippen molar-refractivity contribution >= 4 is 21.9 Å². The lowest BCUT2D eigenvalue weighted by Gasteiger charge is -2.30. The van der Waals surface area contributed by atoms with Crippen LogP contribution < -0.4 is 0 Å². The van der Waals surface area contributed by atoms with Crippen molar-refractivity contribution in [3.63, 3.8) is 0 Å². The van der Waals surface area contributed by atoms with E-state index < -0.39 is 15.4 Å². The van der Waals surface area contributed by atoms with Crippen LogP contribution in [0.2, 0.25) is 0 Å². The van der Waals surface area contributed by atoms with Crippen LogP contribution >= 0.6 is 11.8 Å². The minimum absolute atomic E-state index is 0.0507. The van der Waals surface area contributed by atoms with Gasteiger partial charge in [0.2, 0.25) is 0 Å². The molecule has 2 atom stereocenters. The number of thioether (sulfide) groups is 1. The van der Waals surface area contributed by atoms with Gasteiger partial charge in [-0.05, 0) is 38.4 Å². The maximum atomic E-state index is 11.4. The molecule has 0 fully saturated rings. The molecule has 0 spiro atoms. The number of hydrogen-bond acceptors (Lipinski definition) is 4. The zero-order valence-corrected chi connectivity index (χ0v) is 11.9. The van der Waals surface area contributed by atoms with Crippen molar-refractivity contribution in [2.45, 2.75) is 31.9 Å². The molecule has 2 N–H and O–H groups in total. The summed E-state index contributed by atoms with van der Waals surface area (Å²) in [6, 6.07) is 0. The van der Waals surface area contributed by atoms with E-state index in [4.69, 9.17) is 5.11 Å². The molecule has 0 radical (unpaired) electrons. The summed E-state index contributed by atoms with van der Waals surface area (Å²) in [5.41, 5.74) is 2.29. The molecule has 1 aliphatic carbocycles. The Morgan fingerprint density at radius 1 is 1.29 bits per heavy atom. The lowest BCUT2D eigenvalue weighted by atomic mass is 9.86. The number of rotatable bonds is 5. The van der Waals surface area contributed by atoms with Crippen molar-refractivity contribution in [2.24, 2.45) is 5.92 Å². The highest BCUT2D eigenvalue weighted by atomic mass is 32.2. The second-order valence-corrected chi connectivity index (χ2v) is 7.37. The molecule has 0 bridgehead atoms. The molecular weight excluding hydrogens is 260 g/mol. The predicted molar refractivity (Wildman–Crippen MR) is 70.8 cm³/mol. The second-order valence-electron chi connectivity index (χ2n) is 4.58. The van der Waals surface area contributed by atoms with Crippen molar-refractivity contribution in [1.29, 1.82) is 0 Å². The van der Waals surface area contributed by atoms with Crippen LogP contribution in [0, 0.1) is 5.92 Å². The van der Waals surface area contributed by atoms with E-state index in [-0.39, 0.29) is 12.5 Å². The highest BCUT2D eigenvalue weighted by Crippen LogP contribution is 2.34. The summed E-state index contributed by atoms with van der Waals surface area (Å²) >= 11 is 1.53. The van der Waals surface area contributed by atoms with E-state index in [9.17, 15) is 13.0 Å². The molecule has 0 aromatic carbocycles. The molecule has 17 heavy (non-hydrogen) atoms. The molecule has 0 aromatic rings. The smallest absolute Gasteiger partial charge is 0.268 e. The van der Waals surface area contributed by atoms with Crippen molar-refractivity contribution in [3.8, 4) is 0 Å². The van der Waals surface area contributed by atoms with Gasteiger partial charge in [-0.15, -0.1) is 0 Å². The normalized spacial score (nSPS) is 26.4. The molecule has 0 aromatic heterocycles. The summed E-state index contributed by atoms with van der Waals surface area (Å²) in [5.74, 6) is 1.22. The molecule has 0 aliphatic heterocycles. The molecule has 2 unspecified atom stereocenters. The van der Waals surface area contributed by atoms with Crippen LogP contribution in [0.1, 0.15) is 26.7 Å². The SMILES string of the molecule is CC1=C(C)CC(S(=O)(=O)O)C(CSCCO)C1. The first-order valence-electron chi connectivity index (χ1n) is 5.66. The van der Waals surface area contributed by atoms with Gasteiger partial charge in [0.05, 0.1) is 11.9 Å². The average molecular weight is 280 g/mol. The van der Waals surface area contributed by atoms with Crippen LogP contribution in [0.4, 0.5) is 0 Å². The fraction of sp³-hybridized carbons (Fsp3) is 0.818. The number of hydrogen-bond donors (Lipinski definition) is 2. The summed E-state index contributed by atoms with van der Waals surface area (Å²) in [6.45, 7) is 4.03. The number of aliphatic hydroxyl groups excluding tert-OH is 1. The minimum Gasteiger partial charge on any atom is -0.396 e. The van der Waals surface area contributed by atoms with Gasteiger partial charge < -0.3 is 5.11 Å². The first-order chi connectivity index (χ1) is 7.86. The topological polar surface area (TPSA) is 74.6 Å². The Hall–Kier alpha value is -0.0400. The fourth-order valence-corrected chi connectivity index (χ4v) is 4.37. The van der Waals surface area contributed by atoms with E-state index in [0.717, 1.165) is 5.57 Å². The van der Waals surface area contributed by atoms with Crippen LogP contribution in [-0.4, -0.2) is 41.4 Å². The highest BCUT2D eigenvalue weighted by molar-refractivity contribution is 7.99. The van der Waals surface area contributed by atoms with Gasteiger partial charge in [0.1, 0.15) is 0 Å². The Bertz CT molecular complexity index is 386. The van der Waals surface area contributed by atoms with E-state index in [1.54, 1.807) is 0 Å². The van der Waals surface area contributed by atoms with Gasteiger partial charge in [-0.3, -0.25) is 4.55 Å². The van der Waals surface area contributed by atoms with Gasteiger partial charge in [0.15, 0.2) is 0 Å². The Morgan fingerprint density at radius 3 is 2.41 bits per heavy atom. The monoisotopic (exact) mass is 280 g/mol. The third-order valence-corrected chi connectivity index (χ3v) is 5.73. The van der Waals surface area contributed by atoms with Gasteiger partial charge in [-0.25, -0.2) is 0 Å². The largest absolute Gasteiger partial charge is 0.396 e. The summed E-state index contributed by atoms with van der Waals surface area (Å²) in [4.78, 5) is 0. The molecule has 0 saturated heterocycles. The minimum atomic E-state index is -3.98. The van der Waals surface area contributed by atoms with Gasteiger partial charge in [-0.2, -0.15) is 20.2 Å². The quantitative estimate of drug-likeness (QED) is 0.455. The zero-order valence-electron chi connectivity index (χ0n) is 10.2. The third-order valence-electron chi connectivity index (χ3n) is 3.28. The lowest BCUT2D eigenvalue weighted by molar-refractivity contribution is 0.322. The van der Waals surface area contributed by atoms with Gasteiger partial charge in [0, 0.05) is 5.75 Å². The first-order valence-corrected chi connectivity index (χ1v) is 8.32. The maximum absolute atomic E-state index is 11.4. The Morgan fingerprint density at radius 2 is 1.88 bits per heavy atom. The van der Waals surface area contributed by atoms with Crippen LogP contribution in [0.25, 0.3) is 0 Å². The van der Waals surface area contributed by atoms with Crippen LogP contribution in [0.5, 0.6) is 0 Å². The third kappa shape index (κ3) is 4.28. The van der Waals surface area contributed by atoms with E-state index in [1.807, 2.05) is 13.8 Å². The summed E-state index contributed by atoms with van der Waals surface area (Å²) in [5, 5.41) is 8.03. The average Bonchev–Trinajstić information content (AvgIpc) is 2.21. The van der Waals surface area contributed by atoms with E-state index in [1.165, 1.54) is 17.3 Å². The van der Waals surface area contributed by atoms with Crippen LogP contribution in [0.3, 0.4) is 0 Å². The maximum Gasteiger partial charge on any atom is 0.268 e. The van der Waals surface area contributed by atoms with E-state index in [0.29, 0.717) is 24.3 Å². The summed E-state index contributed by atoms with van der Waals surface area (Å²) in [6.07, 6.45) is 1.14. The molecule has 0 amide bonds. The molecule has 1 rings (SSSR count). The van der Waals surface area contributed by atoms with Crippen molar-refractivity contribution in [3.05, 3.63) is 11.1 Å². The predicted octanol–water partition coefficient (Wildman–Crippen LogP) is 1.71. The molecule has 100 valence electrons. The Labute approximate surface area is 107 Å². The second kappa shape index (κ2) is 6.22. The van der Waals surface area contributed by atoms with Crippen molar-refractivity contribution in [1.82, 2.24) is 0 Å². The van der Waals surface area contributed by atoms with Crippen LogP contribution in [-0.2, 0) is 10.1 Å². The van der Waals surface area contributed by atoms with Crippen molar-refractivity contribution < 1.29 is 18.1 Å². The Balaban J connectivity index is 2.77. The fourth-order valence-electron chi connectivity index (χ4n) is 2.16. The van der Waals surface area contributed by atoms with Gasteiger partial charge >= 0.3 is 0 Å². The Kier molecular flexibility index (Phi) is 5.50. The number of allylic oxidation sites excluding steroid dienone is 2. The molecule has 4 nitrogen and oxygen atoms in total. The van der Waals surface area contributed by atoms with Gasteiger partial charge in [-0.1, -0.05) is 11.1 Å². The highest BCUT2D eigenvalue weighted by Gasteiger charge is 2.35. The molecule has 6 heteroatoms. The molecule has 0 heterocycles. The summed E-state index contributed by atoms with van der Waals surface area (Å²) in [7, 11) is -3.98. The van der Waals surface area contributed by atoms with Gasteiger partial charge in [0.25, 0.3) is 10.1 Å². The van der Waals surface area contributed by atoms with Crippen molar-refractivity contribution in [2.75, 3.05) is 18.1 Å². The van der Waals surface area contributed by atoms with E-state index in [2.05, 4.69) is 0 Å². The lowest BCUT2D eigenvalue weighted by Crippen LogP contribution is -2.34.